The Morgan fingerprint density at radius 2 is 1.84 bits per heavy atom. The van der Waals surface area contributed by atoms with Crippen LogP contribution in [0.25, 0.3) is 0 Å². The number of piperazine rings is 1. The predicted octanol–water partition coefficient (Wildman–Crippen LogP) is 2.11. The summed E-state index contributed by atoms with van der Waals surface area (Å²) in [7, 11) is 0. The molecule has 0 amide bonds. The molecule has 5 heteroatoms. The van der Waals surface area contributed by atoms with Gasteiger partial charge in [-0.3, -0.25) is 15.0 Å². The van der Waals surface area contributed by atoms with E-state index in [1.54, 1.807) is 6.20 Å². The summed E-state index contributed by atoms with van der Waals surface area (Å²) >= 11 is 0. The second kappa shape index (κ2) is 6.33. The van der Waals surface area contributed by atoms with Gasteiger partial charge >= 0.3 is 0 Å². The molecule has 0 N–H and O–H groups in total. The lowest BCUT2D eigenvalue weighted by Gasteiger charge is -2.37. The molecule has 1 heterocycles. The molecule has 2 rings (SSSR count). The van der Waals surface area contributed by atoms with Gasteiger partial charge in [-0.2, -0.15) is 0 Å². The summed E-state index contributed by atoms with van der Waals surface area (Å²) in [6.07, 6.45) is 2.58. The fraction of sp³-hybridized carbons (Fsp3) is 0.429. The van der Waals surface area contributed by atoms with Gasteiger partial charge in [0.25, 0.3) is 0 Å². The maximum atomic E-state index is 10.3. The predicted molar refractivity (Wildman–Crippen MR) is 74.1 cm³/mol. The van der Waals surface area contributed by atoms with Gasteiger partial charge in [-0.05, 0) is 12.5 Å². The summed E-state index contributed by atoms with van der Waals surface area (Å²) in [6.45, 7) is 5.73. The van der Waals surface area contributed by atoms with Crippen molar-refractivity contribution >= 4 is 0 Å². The third-order valence-corrected chi connectivity index (χ3v) is 3.58. The Morgan fingerprint density at radius 3 is 2.42 bits per heavy atom. The Morgan fingerprint density at radius 1 is 1.21 bits per heavy atom. The number of hydrogen-bond acceptors (Lipinski definition) is 4. The first kappa shape index (κ1) is 13.5. The Balaban J connectivity index is 1.88. The van der Waals surface area contributed by atoms with E-state index in [1.165, 1.54) is 5.56 Å². The zero-order valence-electron chi connectivity index (χ0n) is 11.1. The van der Waals surface area contributed by atoms with E-state index in [9.17, 15) is 10.1 Å². The molecule has 0 aromatic heterocycles. The van der Waals surface area contributed by atoms with Crippen LogP contribution in [0.1, 0.15) is 18.5 Å². The van der Waals surface area contributed by atoms with Crippen molar-refractivity contribution in [2.24, 2.45) is 0 Å². The van der Waals surface area contributed by atoms with E-state index in [0.29, 0.717) is 6.04 Å². The van der Waals surface area contributed by atoms with E-state index in [0.717, 1.165) is 32.4 Å². The second-order valence-corrected chi connectivity index (χ2v) is 4.74. The van der Waals surface area contributed by atoms with Crippen molar-refractivity contribution < 1.29 is 4.92 Å². The highest BCUT2D eigenvalue weighted by molar-refractivity contribution is 5.18. The van der Waals surface area contributed by atoms with Gasteiger partial charge in [0.05, 0.1) is 11.1 Å². The van der Waals surface area contributed by atoms with Crippen LogP contribution >= 0.6 is 0 Å². The molecule has 1 aromatic rings. The maximum Gasteiger partial charge on any atom is 0.250 e. The summed E-state index contributed by atoms with van der Waals surface area (Å²) < 4.78 is 0. The highest BCUT2D eigenvalue weighted by Crippen LogP contribution is 2.21. The van der Waals surface area contributed by atoms with Crippen molar-refractivity contribution in [1.82, 2.24) is 9.80 Å². The molecule has 0 aliphatic carbocycles. The van der Waals surface area contributed by atoms with Crippen LogP contribution in [0.5, 0.6) is 0 Å². The molecule has 19 heavy (non-hydrogen) atoms. The molecule has 102 valence electrons. The Labute approximate surface area is 113 Å². The summed E-state index contributed by atoms with van der Waals surface area (Å²) in [4.78, 5) is 14.3. The smallest absolute Gasteiger partial charge is 0.250 e. The first-order valence-corrected chi connectivity index (χ1v) is 6.51. The lowest BCUT2D eigenvalue weighted by Crippen LogP contribution is -2.45. The SMILES string of the molecule is CC(c1ccccc1)N1CCN(/C=C/[N+](=O)[O-])CC1. The van der Waals surface area contributed by atoms with Crippen LogP contribution < -0.4 is 0 Å². The van der Waals surface area contributed by atoms with Crippen molar-refractivity contribution in [3.63, 3.8) is 0 Å². The van der Waals surface area contributed by atoms with E-state index in [4.69, 9.17) is 0 Å². The van der Waals surface area contributed by atoms with Crippen LogP contribution in [-0.2, 0) is 0 Å². The van der Waals surface area contributed by atoms with Crippen LogP contribution in [0, 0.1) is 10.1 Å². The van der Waals surface area contributed by atoms with Crippen LogP contribution in [0.2, 0.25) is 0 Å². The third-order valence-electron chi connectivity index (χ3n) is 3.58. The average Bonchev–Trinajstić information content (AvgIpc) is 2.46. The Hall–Kier alpha value is -1.88. The highest BCUT2D eigenvalue weighted by atomic mass is 16.6. The molecule has 1 aromatic carbocycles. The van der Waals surface area contributed by atoms with E-state index in [-0.39, 0.29) is 0 Å². The molecule has 1 unspecified atom stereocenters. The van der Waals surface area contributed by atoms with E-state index < -0.39 is 4.92 Å². The number of rotatable bonds is 4. The van der Waals surface area contributed by atoms with Crippen molar-refractivity contribution in [2.45, 2.75) is 13.0 Å². The largest absolute Gasteiger partial charge is 0.370 e. The number of benzene rings is 1. The minimum absolute atomic E-state index is 0.392. The molecule has 0 spiro atoms. The van der Waals surface area contributed by atoms with Gasteiger partial charge in [0.15, 0.2) is 0 Å². The molecule has 1 fully saturated rings. The fourth-order valence-corrected chi connectivity index (χ4v) is 2.36. The van der Waals surface area contributed by atoms with Gasteiger partial charge in [-0.1, -0.05) is 30.3 Å². The number of nitro groups is 1. The van der Waals surface area contributed by atoms with Gasteiger partial charge in [0.2, 0.25) is 6.20 Å². The minimum atomic E-state index is -0.418. The lowest BCUT2D eigenvalue weighted by molar-refractivity contribution is -0.403. The molecule has 0 radical (unpaired) electrons. The van der Waals surface area contributed by atoms with Crippen molar-refractivity contribution in [3.05, 3.63) is 58.4 Å². The van der Waals surface area contributed by atoms with Crippen molar-refractivity contribution in [2.75, 3.05) is 26.2 Å². The normalized spacial score (nSPS) is 18.7. The molecule has 1 atom stereocenters. The second-order valence-electron chi connectivity index (χ2n) is 4.74. The van der Waals surface area contributed by atoms with Gasteiger partial charge in [0.1, 0.15) is 0 Å². The fourth-order valence-electron chi connectivity index (χ4n) is 2.36. The Kier molecular flexibility index (Phi) is 4.52. The highest BCUT2D eigenvalue weighted by Gasteiger charge is 2.20. The third kappa shape index (κ3) is 3.79. The van der Waals surface area contributed by atoms with Crippen molar-refractivity contribution in [1.29, 1.82) is 0 Å². The zero-order chi connectivity index (χ0) is 13.7. The van der Waals surface area contributed by atoms with Gasteiger partial charge in [0, 0.05) is 32.2 Å². The molecule has 5 nitrogen and oxygen atoms in total. The van der Waals surface area contributed by atoms with Crippen molar-refractivity contribution in [3.8, 4) is 0 Å². The standard InChI is InChI=1S/C14H19N3O2/c1-13(14-5-3-2-4-6-14)16-10-7-15(8-11-16)9-12-17(18)19/h2-6,9,12-13H,7-8,10-11H2,1H3/b12-9+. The molecular weight excluding hydrogens is 242 g/mol. The van der Waals surface area contributed by atoms with Gasteiger partial charge in [-0.25, -0.2) is 0 Å². The lowest BCUT2D eigenvalue weighted by atomic mass is 10.1. The molecular formula is C14H19N3O2. The monoisotopic (exact) mass is 261 g/mol. The molecule has 0 bridgehead atoms. The van der Waals surface area contributed by atoms with Crippen LogP contribution in [0.15, 0.2) is 42.7 Å². The van der Waals surface area contributed by atoms with Gasteiger partial charge < -0.3 is 4.90 Å². The number of nitrogens with zero attached hydrogens (tertiary/aromatic N) is 3. The van der Waals surface area contributed by atoms with E-state index in [2.05, 4.69) is 36.1 Å². The van der Waals surface area contributed by atoms with E-state index >= 15 is 0 Å². The maximum absolute atomic E-state index is 10.3. The average molecular weight is 261 g/mol. The van der Waals surface area contributed by atoms with E-state index in [1.807, 2.05) is 11.0 Å². The molecule has 1 aliphatic heterocycles. The summed E-state index contributed by atoms with van der Waals surface area (Å²) in [5, 5.41) is 10.3. The zero-order valence-corrected chi connectivity index (χ0v) is 11.1. The molecule has 1 aliphatic rings. The quantitative estimate of drug-likeness (QED) is 0.615. The van der Waals surface area contributed by atoms with Crippen LogP contribution in [0.3, 0.4) is 0 Å². The Bertz CT molecular complexity index is 439. The number of hydrogen-bond donors (Lipinski definition) is 0. The molecule has 0 saturated carbocycles. The summed E-state index contributed by atoms with van der Waals surface area (Å²) in [5.74, 6) is 0. The minimum Gasteiger partial charge on any atom is -0.370 e. The first-order valence-electron chi connectivity index (χ1n) is 6.51. The molecule has 1 saturated heterocycles. The van der Waals surface area contributed by atoms with Crippen LogP contribution in [0.4, 0.5) is 0 Å². The van der Waals surface area contributed by atoms with Crippen LogP contribution in [-0.4, -0.2) is 40.9 Å². The first-order chi connectivity index (χ1) is 9.16. The summed E-state index contributed by atoms with van der Waals surface area (Å²) in [5.41, 5.74) is 1.32. The topological polar surface area (TPSA) is 49.6 Å². The summed E-state index contributed by atoms with van der Waals surface area (Å²) in [6, 6.07) is 10.8. The van der Waals surface area contributed by atoms with Gasteiger partial charge in [-0.15, -0.1) is 0 Å².